The zero-order chi connectivity index (χ0) is 18.1. The molecule has 0 saturated heterocycles. The Kier molecular flexibility index (Phi) is 6.18. The molecule has 0 unspecified atom stereocenters. The molecular formula is C18H34O3Si. The Balaban J connectivity index is 5.95. The summed E-state index contributed by atoms with van der Waals surface area (Å²) in [6.07, 6.45) is 1.72. The molecule has 0 bridgehead atoms. The lowest BCUT2D eigenvalue weighted by molar-refractivity contribution is -0.141. The summed E-state index contributed by atoms with van der Waals surface area (Å²) in [7, 11) is -2.05. The Labute approximate surface area is 137 Å². The molecule has 128 valence electrons. The van der Waals surface area contributed by atoms with Crippen molar-refractivity contribution in [3.05, 3.63) is 12.7 Å². The molecule has 0 aromatic carbocycles. The normalized spacial score (nSPS) is 16.3. The van der Waals surface area contributed by atoms with E-state index in [4.69, 9.17) is 4.43 Å². The van der Waals surface area contributed by atoms with E-state index in [1.165, 1.54) is 13.8 Å². The van der Waals surface area contributed by atoms with Gasteiger partial charge in [0.05, 0.1) is 11.5 Å². The van der Waals surface area contributed by atoms with Crippen LogP contribution in [0.5, 0.6) is 0 Å². The fourth-order valence-electron chi connectivity index (χ4n) is 2.74. The third-order valence-electron chi connectivity index (χ3n) is 5.45. The van der Waals surface area contributed by atoms with Crippen molar-refractivity contribution in [2.75, 3.05) is 0 Å². The monoisotopic (exact) mass is 326 g/mol. The summed E-state index contributed by atoms with van der Waals surface area (Å²) in [5.41, 5.74) is -1.42. The highest BCUT2D eigenvalue weighted by Gasteiger charge is 2.53. The number of carbonyl (C=O) groups is 2. The highest BCUT2D eigenvalue weighted by atomic mass is 28.4. The molecule has 0 heterocycles. The van der Waals surface area contributed by atoms with Crippen LogP contribution >= 0.6 is 0 Å². The maximum absolute atomic E-state index is 12.1. The average molecular weight is 327 g/mol. The molecule has 0 aromatic rings. The van der Waals surface area contributed by atoms with E-state index < -0.39 is 25.3 Å². The van der Waals surface area contributed by atoms with Gasteiger partial charge < -0.3 is 4.43 Å². The van der Waals surface area contributed by atoms with Crippen LogP contribution in [0.15, 0.2) is 12.7 Å². The molecule has 0 aliphatic heterocycles. The van der Waals surface area contributed by atoms with Gasteiger partial charge in [0.2, 0.25) is 0 Å². The van der Waals surface area contributed by atoms with Crippen LogP contribution in [-0.2, 0) is 14.0 Å². The molecular weight excluding hydrogens is 292 g/mol. The van der Waals surface area contributed by atoms with Crippen molar-refractivity contribution in [3.8, 4) is 0 Å². The molecule has 0 rings (SSSR count). The van der Waals surface area contributed by atoms with Gasteiger partial charge in [-0.25, -0.2) is 0 Å². The van der Waals surface area contributed by atoms with Gasteiger partial charge in [0.1, 0.15) is 11.6 Å². The summed E-state index contributed by atoms with van der Waals surface area (Å²) in [6, 6.07) is 0. The largest absolute Gasteiger partial charge is 0.411 e. The van der Waals surface area contributed by atoms with Crippen LogP contribution in [0.4, 0.5) is 0 Å². The second-order valence-corrected chi connectivity index (χ2v) is 13.2. The predicted octanol–water partition coefficient (Wildman–Crippen LogP) is 4.77. The Morgan fingerprint density at radius 2 is 1.36 bits per heavy atom. The smallest absolute Gasteiger partial charge is 0.192 e. The van der Waals surface area contributed by atoms with E-state index in [1.807, 2.05) is 20.8 Å². The van der Waals surface area contributed by atoms with E-state index in [2.05, 4.69) is 40.4 Å². The zero-order valence-corrected chi connectivity index (χ0v) is 17.1. The van der Waals surface area contributed by atoms with Crippen LogP contribution in [-0.4, -0.2) is 25.5 Å². The Morgan fingerprint density at radius 3 is 1.59 bits per heavy atom. The third kappa shape index (κ3) is 3.96. The topological polar surface area (TPSA) is 43.4 Å². The van der Waals surface area contributed by atoms with Crippen LogP contribution in [0.2, 0.25) is 18.1 Å². The van der Waals surface area contributed by atoms with Gasteiger partial charge in [-0.3, -0.25) is 9.59 Å². The minimum Gasteiger partial charge on any atom is -0.411 e. The number of Topliss-reactive ketones (excluding diaryl/α,β-unsaturated/α-hetero) is 2. The van der Waals surface area contributed by atoms with Gasteiger partial charge in [0, 0.05) is 5.41 Å². The highest BCUT2D eigenvalue weighted by molar-refractivity contribution is 6.74. The van der Waals surface area contributed by atoms with Gasteiger partial charge >= 0.3 is 0 Å². The van der Waals surface area contributed by atoms with Gasteiger partial charge in [-0.15, -0.1) is 6.58 Å². The first-order chi connectivity index (χ1) is 9.53. The molecule has 0 radical (unpaired) electrons. The molecule has 0 fully saturated rings. The van der Waals surface area contributed by atoms with Crippen LogP contribution < -0.4 is 0 Å². The predicted molar refractivity (Wildman–Crippen MR) is 95.5 cm³/mol. The first kappa shape index (κ1) is 21.3. The molecule has 0 amide bonds. The molecule has 4 heteroatoms. The van der Waals surface area contributed by atoms with Crippen molar-refractivity contribution in [1.29, 1.82) is 0 Å². The first-order valence-corrected chi connectivity index (χ1v) is 10.8. The SMILES string of the molecule is C=C[C@](C)(C(C(C)=O)C(C)=O)C(C)(C)O[Si](C)(C)C(C)(C)C. The van der Waals surface area contributed by atoms with Crippen LogP contribution in [0.1, 0.15) is 55.4 Å². The van der Waals surface area contributed by atoms with E-state index >= 15 is 0 Å². The van der Waals surface area contributed by atoms with Gasteiger partial charge in [-0.1, -0.05) is 33.8 Å². The van der Waals surface area contributed by atoms with E-state index in [0.29, 0.717) is 0 Å². The quantitative estimate of drug-likeness (QED) is 0.384. The zero-order valence-electron chi connectivity index (χ0n) is 16.1. The Bertz CT molecular complexity index is 443. The van der Waals surface area contributed by atoms with Gasteiger partial charge in [0.25, 0.3) is 0 Å². The average Bonchev–Trinajstić information content (AvgIpc) is 2.24. The molecule has 0 aromatic heterocycles. The van der Waals surface area contributed by atoms with Gasteiger partial charge in [0.15, 0.2) is 8.32 Å². The lowest BCUT2D eigenvalue weighted by Gasteiger charge is -2.51. The second kappa shape index (κ2) is 6.40. The van der Waals surface area contributed by atoms with Crippen molar-refractivity contribution in [2.45, 2.75) is 79.1 Å². The summed E-state index contributed by atoms with van der Waals surface area (Å²) in [4.78, 5) is 24.2. The third-order valence-corrected chi connectivity index (χ3v) is 10.1. The number of carbonyl (C=O) groups excluding carboxylic acids is 2. The van der Waals surface area contributed by atoms with Gasteiger partial charge in [-0.2, -0.15) is 0 Å². The maximum Gasteiger partial charge on any atom is 0.192 e. The molecule has 0 spiro atoms. The van der Waals surface area contributed by atoms with Crippen molar-refractivity contribution in [3.63, 3.8) is 0 Å². The van der Waals surface area contributed by atoms with Gasteiger partial charge in [-0.05, 0) is 45.8 Å². The molecule has 0 saturated carbocycles. The first-order valence-electron chi connectivity index (χ1n) is 7.88. The minimum absolute atomic E-state index is 0.0499. The Hall–Kier alpha value is -0.743. The van der Waals surface area contributed by atoms with E-state index in [-0.39, 0.29) is 16.6 Å². The van der Waals surface area contributed by atoms with Crippen molar-refractivity contribution in [1.82, 2.24) is 0 Å². The summed E-state index contributed by atoms with van der Waals surface area (Å²) in [6.45, 7) is 23.6. The fourth-order valence-corrected chi connectivity index (χ4v) is 4.54. The molecule has 0 N–H and O–H groups in total. The lowest BCUT2D eigenvalue weighted by Crippen LogP contribution is -2.57. The summed E-state index contributed by atoms with van der Waals surface area (Å²) >= 11 is 0. The second-order valence-electron chi connectivity index (χ2n) is 8.51. The van der Waals surface area contributed by atoms with Crippen molar-refractivity contribution >= 4 is 19.9 Å². The van der Waals surface area contributed by atoms with Crippen molar-refractivity contribution < 1.29 is 14.0 Å². The standard InChI is InChI=1S/C18H34O3Si/c1-12-18(9,15(13(2)19)14(3)20)17(7,8)21-22(10,11)16(4,5)6/h12,15H,1H2,2-11H3/t18-/m1/s1. The number of hydrogen-bond acceptors (Lipinski definition) is 3. The van der Waals surface area contributed by atoms with Crippen LogP contribution in [0, 0.1) is 11.3 Å². The summed E-state index contributed by atoms with van der Waals surface area (Å²) in [5, 5.41) is 0.0499. The molecule has 0 aliphatic carbocycles. The van der Waals surface area contributed by atoms with Crippen LogP contribution in [0.25, 0.3) is 0 Å². The Morgan fingerprint density at radius 1 is 1.00 bits per heavy atom. The fraction of sp³-hybridized carbons (Fsp3) is 0.778. The molecule has 3 nitrogen and oxygen atoms in total. The maximum atomic E-state index is 12.1. The lowest BCUT2D eigenvalue weighted by atomic mass is 9.64. The van der Waals surface area contributed by atoms with Crippen molar-refractivity contribution in [2.24, 2.45) is 11.3 Å². The van der Waals surface area contributed by atoms with E-state index in [0.717, 1.165) is 0 Å². The summed E-state index contributed by atoms with van der Waals surface area (Å²) in [5.74, 6) is -1.01. The molecule has 22 heavy (non-hydrogen) atoms. The molecule has 0 aliphatic rings. The highest BCUT2D eigenvalue weighted by Crippen LogP contribution is 2.48. The number of rotatable bonds is 7. The summed E-state index contributed by atoms with van der Waals surface area (Å²) < 4.78 is 6.59. The van der Waals surface area contributed by atoms with E-state index in [1.54, 1.807) is 6.08 Å². The number of ketones is 2. The number of hydrogen-bond donors (Lipinski definition) is 0. The minimum atomic E-state index is -2.05. The molecule has 1 atom stereocenters. The van der Waals surface area contributed by atoms with E-state index in [9.17, 15) is 9.59 Å². The van der Waals surface area contributed by atoms with Crippen LogP contribution in [0.3, 0.4) is 0 Å².